The highest BCUT2D eigenvalue weighted by Crippen LogP contribution is 2.70. The van der Waals surface area contributed by atoms with Crippen molar-refractivity contribution in [3.63, 3.8) is 0 Å². The molecule has 0 aromatic rings. The Morgan fingerprint density at radius 3 is 2.60 bits per heavy atom. The first kappa shape index (κ1) is 15.7. The van der Waals surface area contributed by atoms with Crippen LogP contribution < -0.4 is 0 Å². The SMILES string of the molecule is C[C@]12CCC(=O)[C@]13C[C@@H](O)C1C(=C3CC2)C=CC2=CC(=O)CC[C@@]21C. The minimum atomic E-state index is -0.509. The van der Waals surface area contributed by atoms with E-state index < -0.39 is 11.5 Å². The van der Waals surface area contributed by atoms with E-state index in [2.05, 4.69) is 26.0 Å². The average Bonchev–Trinajstić information content (AvgIpc) is 2.99. The molecule has 132 valence electrons. The highest BCUT2D eigenvalue weighted by atomic mass is 16.3. The van der Waals surface area contributed by atoms with Gasteiger partial charge in [0.25, 0.3) is 0 Å². The van der Waals surface area contributed by atoms with Crippen molar-refractivity contribution in [2.45, 2.75) is 64.9 Å². The van der Waals surface area contributed by atoms with Crippen molar-refractivity contribution in [2.75, 3.05) is 0 Å². The van der Waals surface area contributed by atoms with Gasteiger partial charge in [0.05, 0.1) is 11.5 Å². The van der Waals surface area contributed by atoms with E-state index in [0.717, 1.165) is 31.3 Å². The van der Waals surface area contributed by atoms with Gasteiger partial charge in [0.1, 0.15) is 5.78 Å². The molecule has 2 saturated carbocycles. The maximum atomic E-state index is 13.0. The van der Waals surface area contributed by atoms with Gasteiger partial charge >= 0.3 is 0 Å². The fraction of sp³-hybridized carbons (Fsp3) is 0.636. The number of rotatable bonds is 0. The lowest BCUT2D eigenvalue weighted by Gasteiger charge is -2.53. The normalized spacial score (nSPS) is 48.0. The zero-order valence-electron chi connectivity index (χ0n) is 15.1. The Bertz CT molecular complexity index is 800. The fourth-order valence-electron chi connectivity index (χ4n) is 7.00. The minimum Gasteiger partial charge on any atom is -0.392 e. The summed E-state index contributed by atoms with van der Waals surface area (Å²) in [5.74, 6) is 0.564. The van der Waals surface area contributed by atoms with Gasteiger partial charge in [-0.2, -0.15) is 0 Å². The summed E-state index contributed by atoms with van der Waals surface area (Å²) in [4.78, 5) is 24.9. The largest absolute Gasteiger partial charge is 0.392 e. The van der Waals surface area contributed by atoms with Crippen molar-refractivity contribution in [3.05, 3.63) is 34.9 Å². The molecule has 0 aliphatic heterocycles. The Balaban J connectivity index is 1.75. The number of hydrogen-bond acceptors (Lipinski definition) is 3. The maximum absolute atomic E-state index is 13.0. The monoisotopic (exact) mass is 338 g/mol. The fourth-order valence-corrected chi connectivity index (χ4v) is 7.00. The maximum Gasteiger partial charge on any atom is 0.156 e. The van der Waals surface area contributed by atoms with E-state index in [-0.39, 0.29) is 22.5 Å². The van der Waals surface area contributed by atoms with Crippen LogP contribution in [0.1, 0.15) is 58.8 Å². The summed E-state index contributed by atoms with van der Waals surface area (Å²) in [5, 5.41) is 11.3. The minimum absolute atomic E-state index is 0.0196. The van der Waals surface area contributed by atoms with Crippen LogP contribution in [-0.2, 0) is 9.59 Å². The summed E-state index contributed by atoms with van der Waals surface area (Å²) in [6, 6.07) is 0. The lowest BCUT2D eigenvalue weighted by Crippen LogP contribution is -2.51. The van der Waals surface area contributed by atoms with Crippen LogP contribution in [0.15, 0.2) is 34.9 Å². The van der Waals surface area contributed by atoms with Crippen LogP contribution in [0.25, 0.3) is 0 Å². The Morgan fingerprint density at radius 2 is 1.80 bits per heavy atom. The third-order valence-electron chi connectivity index (χ3n) is 8.43. The molecule has 0 saturated heterocycles. The molecular formula is C22H26O3. The Labute approximate surface area is 148 Å². The van der Waals surface area contributed by atoms with Crippen LogP contribution in [-0.4, -0.2) is 22.8 Å². The van der Waals surface area contributed by atoms with Crippen molar-refractivity contribution in [3.8, 4) is 0 Å². The van der Waals surface area contributed by atoms with Gasteiger partial charge in [-0.15, -0.1) is 0 Å². The molecule has 1 unspecified atom stereocenters. The first-order valence-electron chi connectivity index (χ1n) is 9.70. The predicted octanol–water partition coefficient (Wildman–Crippen LogP) is 3.68. The molecule has 0 aromatic heterocycles. The molecule has 5 aliphatic rings. The first-order chi connectivity index (χ1) is 11.8. The summed E-state index contributed by atoms with van der Waals surface area (Å²) >= 11 is 0. The van der Waals surface area contributed by atoms with Gasteiger partial charge in [-0.05, 0) is 54.7 Å². The number of ketones is 2. The molecule has 2 fully saturated rings. The van der Waals surface area contributed by atoms with Crippen LogP contribution in [0, 0.1) is 22.2 Å². The van der Waals surface area contributed by atoms with Crippen molar-refractivity contribution in [1.29, 1.82) is 0 Å². The number of allylic oxidation sites excluding steroid dienone is 5. The lowest BCUT2D eigenvalue weighted by atomic mass is 9.51. The van der Waals surface area contributed by atoms with Crippen LogP contribution in [0.4, 0.5) is 0 Å². The van der Waals surface area contributed by atoms with E-state index in [1.54, 1.807) is 6.08 Å². The van der Waals surface area contributed by atoms with Crippen LogP contribution in [0.3, 0.4) is 0 Å². The zero-order chi connectivity index (χ0) is 17.6. The number of carbonyl (C=O) groups is 2. The van der Waals surface area contributed by atoms with E-state index in [4.69, 9.17) is 0 Å². The van der Waals surface area contributed by atoms with E-state index >= 15 is 0 Å². The molecule has 25 heavy (non-hydrogen) atoms. The lowest BCUT2D eigenvalue weighted by molar-refractivity contribution is -0.130. The number of Topliss-reactive ketones (excluding diaryl/α,β-unsaturated/α-hetero) is 1. The summed E-state index contributed by atoms with van der Waals surface area (Å²) in [5.41, 5.74) is 3.00. The number of aliphatic hydroxyl groups excluding tert-OH is 1. The standard InChI is InChI=1S/C22H26O3/c1-20-8-6-16-15-4-3-13-11-14(23)5-10-21(13,2)19(15)17(24)12-22(16,20)18(25)7-9-20/h3-4,11,17,19,24H,5-10,12H2,1-2H3/t17-,19?,20+,21+,22-/m1/s1. The number of aliphatic hydroxyl groups is 1. The topological polar surface area (TPSA) is 54.4 Å². The molecule has 1 N–H and O–H groups in total. The molecule has 0 aromatic carbocycles. The highest BCUT2D eigenvalue weighted by Gasteiger charge is 2.67. The van der Waals surface area contributed by atoms with E-state index in [1.807, 2.05) is 0 Å². The summed E-state index contributed by atoms with van der Waals surface area (Å²) in [6.07, 6.45) is 11.1. The second-order valence-corrected chi connectivity index (χ2v) is 9.39. The van der Waals surface area contributed by atoms with Crippen molar-refractivity contribution in [1.82, 2.24) is 0 Å². The van der Waals surface area contributed by atoms with Gasteiger partial charge in [0, 0.05) is 24.2 Å². The summed E-state index contributed by atoms with van der Waals surface area (Å²) < 4.78 is 0. The Kier molecular flexibility index (Phi) is 2.91. The van der Waals surface area contributed by atoms with Gasteiger partial charge in [-0.25, -0.2) is 0 Å². The van der Waals surface area contributed by atoms with Crippen LogP contribution >= 0.6 is 0 Å². The van der Waals surface area contributed by atoms with Gasteiger partial charge in [0.15, 0.2) is 5.78 Å². The molecule has 1 spiro atoms. The van der Waals surface area contributed by atoms with Gasteiger partial charge in [-0.1, -0.05) is 31.6 Å². The molecule has 0 radical (unpaired) electrons. The molecule has 0 heterocycles. The second-order valence-electron chi connectivity index (χ2n) is 9.39. The van der Waals surface area contributed by atoms with Crippen LogP contribution in [0.2, 0.25) is 0 Å². The van der Waals surface area contributed by atoms with Crippen molar-refractivity contribution < 1.29 is 14.7 Å². The summed E-state index contributed by atoms with van der Waals surface area (Å²) in [6.45, 7) is 4.46. The predicted molar refractivity (Wildman–Crippen MR) is 94.7 cm³/mol. The van der Waals surface area contributed by atoms with Gasteiger partial charge in [-0.3, -0.25) is 9.59 Å². The smallest absolute Gasteiger partial charge is 0.156 e. The molecule has 5 aliphatic carbocycles. The zero-order valence-corrected chi connectivity index (χ0v) is 15.1. The highest BCUT2D eigenvalue weighted by molar-refractivity contribution is 5.94. The van der Waals surface area contributed by atoms with Gasteiger partial charge in [0.2, 0.25) is 0 Å². The van der Waals surface area contributed by atoms with E-state index in [1.165, 1.54) is 11.1 Å². The molecule has 5 rings (SSSR count). The molecule has 0 bridgehead atoms. The molecular weight excluding hydrogens is 312 g/mol. The second kappa shape index (κ2) is 4.62. The van der Waals surface area contributed by atoms with Gasteiger partial charge < -0.3 is 5.11 Å². The van der Waals surface area contributed by atoms with Crippen LogP contribution in [0.5, 0.6) is 0 Å². The van der Waals surface area contributed by atoms with Crippen molar-refractivity contribution >= 4 is 11.6 Å². The number of hydrogen-bond donors (Lipinski definition) is 1. The third-order valence-corrected chi connectivity index (χ3v) is 8.43. The number of carbonyl (C=O) groups excluding carboxylic acids is 2. The summed E-state index contributed by atoms with van der Waals surface area (Å²) in [7, 11) is 0. The first-order valence-corrected chi connectivity index (χ1v) is 9.70. The molecule has 5 atom stereocenters. The molecule has 3 nitrogen and oxygen atoms in total. The average molecular weight is 338 g/mol. The quantitative estimate of drug-likeness (QED) is 0.733. The Morgan fingerprint density at radius 1 is 1.04 bits per heavy atom. The molecule has 0 amide bonds. The third kappa shape index (κ3) is 1.66. The van der Waals surface area contributed by atoms with E-state index in [9.17, 15) is 14.7 Å². The van der Waals surface area contributed by atoms with Crippen molar-refractivity contribution in [2.24, 2.45) is 22.2 Å². The van der Waals surface area contributed by atoms with E-state index in [0.29, 0.717) is 25.0 Å². The Hall–Kier alpha value is -1.48. The molecule has 3 heteroatoms. The number of fused-ring (bicyclic) bond motifs is 3.